The van der Waals surface area contributed by atoms with Crippen molar-refractivity contribution < 1.29 is 37.0 Å². The number of carbonyl (C=O) groups excluding carboxylic acids is 2. The molecule has 3 aliphatic rings. The van der Waals surface area contributed by atoms with Gasteiger partial charge in [0.2, 0.25) is 0 Å². The zero-order valence-corrected chi connectivity index (χ0v) is 22.7. The topological polar surface area (TPSA) is 73.9 Å². The first-order chi connectivity index (χ1) is 19.1. The molecule has 9 heteroatoms. The number of esters is 1. The fourth-order valence-corrected chi connectivity index (χ4v) is 6.07. The lowest BCUT2D eigenvalue weighted by atomic mass is 9.71. The number of alkyl halides is 3. The first-order valence-corrected chi connectivity index (χ1v) is 13.4. The number of methoxy groups -OCH3 is 2. The maximum Gasteiger partial charge on any atom is 0.416 e. The van der Waals surface area contributed by atoms with Crippen LogP contribution in [0.1, 0.15) is 74.0 Å². The SMILES string of the molecule is COc1ccc([C@@H]2CC(=O)C3=C(C2)NC(C)=C(C(=O)OC2CCCC2)[C@@H]3c2ccc(C(F)(F)F)cc2)cc1OC. The van der Waals surface area contributed by atoms with E-state index in [1.807, 2.05) is 12.1 Å². The minimum Gasteiger partial charge on any atom is -0.493 e. The molecular formula is C31H32F3NO5. The Hall–Kier alpha value is -3.75. The van der Waals surface area contributed by atoms with E-state index in [0.717, 1.165) is 43.4 Å². The van der Waals surface area contributed by atoms with Crippen molar-refractivity contribution in [3.63, 3.8) is 0 Å². The second kappa shape index (κ2) is 11.0. The van der Waals surface area contributed by atoms with Crippen LogP contribution in [0.15, 0.2) is 65.0 Å². The van der Waals surface area contributed by atoms with E-state index in [1.54, 1.807) is 27.2 Å². The van der Waals surface area contributed by atoms with E-state index in [2.05, 4.69) is 5.32 Å². The highest BCUT2D eigenvalue weighted by Crippen LogP contribution is 2.47. The van der Waals surface area contributed by atoms with E-state index in [-0.39, 0.29) is 29.8 Å². The molecule has 212 valence electrons. The Morgan fingerprint density at radius 2 is 1.57 bits per heavy atom. The van der Waals surface area contributed by atoms with Crippen molar-refractivity contribution in [2.24, 2.45) is 0 Å². The second-order valence-electron chi connectivity index (χ2n) is 10.6. The molecule has 0 aromatic heterocycles. The normalized spacial score (nSPS) is 21.7. The number of benzene rings is 2. The number of dihydropyridines is 1. The van der Waals surface area contributed by atoms with Crippen molar-refractivity contribution in [2.45, 2.75) is 69.6 Å². The predicted octanol–water partition coefficient (Wildman–Crippen LogP) is 6.57. The Kier molecular flexibility index (Phi) is 7.66. The molecule has 5 rings (SSSR count). The molecule has 0 saturated heterocycles. The summed E-state index contributed by atoms with van der Waals surface area (Å²) in [5.74, 6) is -0.562. The number of nitrogens with one attached hydrogen (secondary N) is 1. The highest BCUT2D eigenvalue weighted by Gasteiger charge is 2.42. The summed E-state index contributed by atoms with van der Waals surface area (Å²) in [7, 11) is 3.10. The number of Topliss-reactive ketones (excluding diaryl/α,β-unsaturated/α-hetero) is 1. The maximum absolute atomic E-state index is 13.8. The molecule has 1 N–H and O–H groups in total. The summed E-state index contributed by atoms with van der Waals surface area (Å²) in [6.07, 6.45) is -0.544. The van der Waals surface area contributed by atoms with Gasteiger partial charge in [0.15, 0.2) is 17.3 Å². The van der Waals surface area contributed by atoms with Crippen LogP contribution in [0.5, 0.6) is 11.5 Å². The van der Waals surface area contributed by atoms with Gasteiger partial charge in [-0.05, 0) is 80.3 Å². The molecule has 0 radical (unpaired) electrons. The molecule has 0 unspecified atom stereocenters. The number of hydrogen-bond donors (Lipinski definition) is 1. The Bertz CT molecular complexity index is 1370. The van der Waals surface area contributed by atoms with Gasteiger partial charge in [0.1, 0.15) is 6.10 Å². The number of ketones is 1. The number of allylic oxidation sites excluding steroid dienone is 3. The number of rotatable bonds is 6. The van der Waals surface area contributed by atoms with Crippen LogP contribution in [0.2, 0.25) is 0 Å². The summed E-state index contributed by atoms with van der Waals surface area (Å²) in [6, 6.07) is 10.2. The third-order valence-electron chi connectivity index (χ3n) is 8.07. The van der Waals surface area contributed by atoms with Gasteiger partial charge in [0, 0.05) is 29.3 Å². The van der Waals surface area contributed by atoms with Crippen LogP contribution in [0.3, 0.4) is 0 Å². The monoisotopic (exact) mass is 555 g/mol. The minimum atomic E-state index is -4.50. The van der Waals surface area contributed by atoms with Gasteiger partial charge in [0.05, 0.1) is 25.4 Å². The molecule has 1 aliphatic heterocycles. The molecule has 0 spiro atoms. The first-order valence-electron chi connectivity index (χ1n) is 13.4. The molecule has 6 nitrogen and oxygen atoms in total. The zero-order valence-electron chi connectivity index (χ0n) is 22.7. The van der Waals surface area contributed by atoms with E-state index >= 15 is 0 Å². The highest BCUT2D eigenvalue weighted by molar-refractivity contribution is 6.04. The summed E-state index contributed by atoms with van der Waals surface area (Å²) in [6.45, 7) is 1.75. The molecule has 2 aromatic rings. The molecule has 2 atom stereocenters. The summed E-state index contributed by atoms with van der Waals surface area (Å²) in [4.78, 5) is 27.3. The number of hydrogen-bond acceptors (Lipinski definition) is 6. The molecule has 2 aromatic carbocycles. The van der Waals surface area contributed by atoms with Crippen LogP contribution >= 0.6 is 0 Å². The molecule has 40 heavy (non-hydrogen) atoms. The van der Waals surface area contributed by atoms with Crippen LogP contribution in [0.25, 0.3) is 0 Å². The standard InChI is InChI=1S/C31H32F3NO5/c1-17-27(30(37)40-22-6-4-5-7-22)28(18-8-11-21(12-9-18)31(32,33)34)29-23(35-17)14-20(15-24(29)36)19-10-13-25(38-2)26(16-19)39-3/h8-13,16,20,22,28,35H,4-7,14-15H2,1-3H3/t20-,28-/m0/s1. The number of carbonyl (C=O) groups is 2. The fraction of sp³-hybridized carbons (Fsp3) is 0.419. The maximum atomic E-state index is 13.8. The van der Waals surface area contributed by atoms with Gasteiger partial charge in [-0.15, -0.1) is 0 Å². The highest BCUT2D eigenvalue weighted by atomic mass is 19.4. The second-order valence-corrected chi connectivity index (χ2v) is 10.6. The lowest BCUT2D eigenvalue weighted by Gasteiger charge is -2.37. The smallest absolute Gasteiger partial charge is 0.416 e. The molecule has 0 amide bonds. The quantitative estimate of drug-likeness (QED) is 0.407. The van der Waals surface area contributed by atoms with Crippen molar-refractivity contribution >= 4 is 11.8 Å². The average Bonchev–Trinajstić information content (AvgIpc) is 3.44. The third kappa shape index (κ3) is 5.33. The van der Waals surface area contributed by atoms with Crippen molar-refractivity contribution in [1.29, 1.82) is 0 Å². The van der Waals surface area contributed by atoms with E-state index in [4.69, 9.17) is 14.2 Å². The van der Waals surface area contributed by atoms with E-state index in [1.165, 1.54) is 12.1 Å². The molecule has 0 bridgehead atoms. The molecule has 1 heterocycles. The molecular weight excluding hydrogens is 523 g/mol. The average molecular weight is 556 g/mol. The third-order valence-corrected chi connectivity index (χ3v) is 8.07. The summed E-state index contributed by atoms with van der Waals surface area (Å²) in [5, 5.41) is 3.29. The van der Waals surface area contributed by atoms with Crippen LogP contribution in [-0.2, 0) is 20.5 Å². The van der Waals surface area contributed by atoms with Gasteiger partial charge in [-0.25, -0.2) is 4.79 Å². The Morgan fingerprint density at radius 1 is 0.925 bits per heavy atom. The zero-order chi connectivity index (χ0) is 28.6. The number of ether oxygens (including phenoxy) is 3. The molecule has 1 saturated carbocycles. The lowest BCUT2D eigenvalue weighted by molar-refractivity contribution is -0.144. The molecule has 2 aliphatic carbocycles. The van der Waals surface area contributed by atoms with Crippen LogP contribution in [-0.4, -0.2) is 32.1 Å². The minimum absolute atomic E-state index is 0.161. The van der Waals surface area contributed by atoms with Gasteiger partial charge < -0.3 is 19.5 Å². The van der Waals surface area contributed by atoms with Crippen LogP contribution in [0.4, 0.5) is 13.2 Å². The van der Waals surface area contributed by atoms with Crippen LogP contribution < -0.4 is 14.8 Å². The largest absolute Gasteiger partial charge is 0.493 e. The summed E-state index contributed by atoms with van der Waals surface area (Å²) >= 11 is 0. The van der Waals surface area contributed by atoms with Gasteiger partial charge in [0.25, 0.3) is 0 Å². The summed E-state index contributed by atoms with van der Waals surface area (Å²) in [5.41, 5.74) is 2.42. The van der Waals surface area contributed by atoms with E-state index < -0.39 is 23.6 Å². The van der Waals surface area contributed by atoms with Crippen molar-refractivity contribution in [2.75, 3.05) is 14.2 Å². The summed E-state index contributed by atoms with van der Waals surface area (Å²) < 4.78 is 56.6. The van der Waals surface area contributed by atoms with E-state index in [0.29, 0.717) is 40.5 Å². The van der Waals surface area contributed by atoms with Crippen molar-refractivity contribution in [3.05, 3.63) is 81.7 Å². The predicted molar refractivity (Wildman–Crippen MR) is 142 cm³/mol. The van der Waals surface area contributed by atoms with Gasteiger partial charge in [-0.3, -0.25) is 4.79 Å². The molecule has 1 fully saturated rings. The van der Waals surface area contributed by atoms with Gasteiger partial charge >= 0.3 is 12.1 Å². The van der Waals surface area contributed by atoms with Gasteiger partial charge in [-0.1, -0.05) is 18.2 Å². The van der Waals surface area contributed by atoms with Gasteiger partial charge in [-0.2, -0.15) is 13.2 Å². The lowest BCUT2D eigenvalue weighted by Crippen LogP contribution is -2.36. The fourth-order valence-electron chi connectivity index (χ4n) is 6.07. The first kappa shape index (κ1) is 27.8. The Morgan fingerprint density at radius 3 is 2.20 bits per heavy atom. The van der Waals surface area contributed by atoms with Crippen molar-refractivity contribution in [3.8, 4) is 11.5 Å². The Balaban J connectivity index is 1.54. The Labute approximate surface area is 231 Å². The van der Waals surface area contributed by atoms with Crippen molar-refractivity contribution in [1.82, 2.24) is 5.32 Å². The number of halogens is 3. The van der Waals surface area contributed by atoms with E-state index in [9.17, 15) is 22.8 Å². The van der Waals surface area contributed by atoms with Crippen LogP contribution in [0, 0.1) is 0 Å².